The van der Waals surface area contributed by atoms with E-state index in [1.54, 1.807) is 6.33 Å². The average Bonchev–Trinajstić information content (AvgIpc) is 2.31. The normalized spacial score (nSPS) is 21.8. The number of halogens is 1. The standard InChI is InChI=1S/C8H9ClN2/c1-5-2-6-7(3-5)10-4-11-8(6)9/h4-5H,2-3H2,1H3. The van der Waals surface area contributed by atoms with Crippen LogP contribution in [-0.4, -0.2) is 9.97 Å². The summed E-state index contributed by atoms with van der Waals surface area (Å²) in [5.41, 5.74) is 2.29. The number of fused-ring (bicyclic) bond motifs is 1. The monoisotopic (exact) mass is 168 g/mol. The van der Waals surface area contributed by atoms with Gasteiger partial charge in [0.25, 0.3) is 0 Å². The van der Waals surface area contributed by atoms with Crippen molar-refractivity contribution in [2.75, 3.05) is 0 Å². The molecule has 11 heavy (non-hydrogen) atoms. The van der Waals surface area contributed by atoms with Crippen molar-refractivity contribution in [3.8, 4) is 0 Å². The number of hydrogen-bond acceptors (Lipinski definition) is 2. The lowest BCUT2D eigenvalue weighted by molar-refractivity contribution is 0.623. The molecule has 1 atom stereocenters. The Bertz CT molecular complexity index is 285. The Morgan fingerprint density at radius 1 is 1.45 bits per heavy atom. The number of rotatable bonds is 0. The van der Waals surface area contributed by atoms with Gasteiger partial charge in [-0.3, -0.25) is 0 Å². The van der Waals surface area contributed by atoms with E-state index in [9.17, 15) is 0 Å². The number of nitrogens with zero attached hydrogens (tertiary/aromatic N) is 2. The van der Waals surface area contributed by atoms with Crippen molar-refractivity contribution in [3.05, 3.63) is 22.7 Å². The first-order valence-electron chi connectivity index (χ1n) is 3.75. The predicted molar refractivity (Wildman–Crippen MR) is 43.6 cm³/mol. The third-order valence-electron chi connectivity index (χ3n) is 2.08. The van der Waals surface area contributed by atoms with E-state index in [1.165, 1.54) is 0 Å². The van der Waals surface area contributed by atoms with Crippen LogP contribution in [0.15, 0.2) is 6.33 Å². The first-order chi connectivity index (χ1) is 5.27. The van der Waals surface area contributed by atoms with E-state index in [0.29, 0.717) is 11.1 Å². The molecule has 0 aliphatic heterocycles. The Morgan fingerprint density at radius 2 is 2.27 bits per heavy atom. The van der Waals surface area contributed by atoms with E-state index in [4.69, 9.17) is 11.6 Å². The lowest BCUT2D eigenvalue weighted by Gasteiger charge is -1.96. The first-order valence-corrected chi connectivity index (χ1v) is 4.13. The molecule has 1 aromatic rings. The minimum atomic E-state index is 0.638. The maximum atomic E-state index is 5.88. The molecule has 0 aromatic carbocycles. The van der Waals surface area contributed by atoms with Crippen LogP contribution in [-0.2, 0) is 12.8 Å². The molecule has 0 N–H and O–H groups in total. The molecule has 58 valence electrons. The fraction of sp³-hybridized carbons (Fsp3) is 0.500. The highest BCUT2D eigenvalue weighted by atomic mass is 35.5. The molecule has 2 nitrogen and oxygen atoms in total. The SMILES string of the molecule is CC1Cc2ncnc(Cl)c2C1. The maximum Gasteiger partial charge on any atom is 0.135 e. The van der Waals surface area contributed by atoms with E-state index in [2.05, 4.69) is 16.9 Å². The Kier molecular flexibility index (Phi) is 1.57. The Labute approximate surface area is 70.6 Å². The predicted octanol–water partition coefficient (Wildman–Crippen LogP) is 1.86. The zero-order valence-corrected chi connectivity index (χ0v) is 7.10. The van der Waals surface area contributed by atoms with Gasteiger partial charge in [-0.25, -0.2) is 9.97 Å². The molecule has 0 bridgehead atoms. The first kappa shape index (κ1) is 7.04. The molecule has 1 heterocycles. The molecule has 2 rings (SSSR count). The van der Waals surface area contributed by atoms with Crippen LogP contribution in [0.1, 0.15) is 18.2 Å². The van der Waals surface area contributed by atoms with Gasteiger partial charge in [0.05, 0.1) is 0 Å². The van der Waals surface area contributed by atoms with E-state index in [1.807, 2.05) is 0 Å². The van der Waals surface area contributed by atoms with Crippen LogP contribution in [0.25, 0.3) is 0 Å². The van der Waals surface area contributed by atoms with Gasteiger partial charge < -0.3 is 0 Å². The molecule has 1 aliphatic carbocycles. The van der Waals surface area contributed by atoms with Crippen molar-refractivity contribution >= 4 is 11.6 Å². The quantitative estimate of drug-likeness (QED) is 0.553. The van der Waals surface area contributed by atoms with Gasteiger partial charge in [0, 0.05) is 11.3 Å². The highest BCUT2D eigenvalue weighted by molar-refractivity contribution is 6.30. The second-order valence-corrected chi connectivity index (χ2v) is 3.46. The third kappa shape index (κ3) is 1.11. The summed E-state index contributed by atoms with van der Waals surface area (Å²) >= 11 is 5.88. The van der Waals surface area contributed by atoms with Crippen LogP contribution in [0, 0.1) is 5.92 Å². The summed E-state index contributed by atoms with van der Waals surface area (Å²) in [4.78, 5) is 8.11. The topological polar surface area (TPSA) is 25.8 Å². The highest BCUT2D eigenvalue weighted by Crippen LogP contribution is 2.28. The van der Waals surface area contributed by atoms with Gasteiger partial charge in [0.2, 0.25) is 0 Å². The number of hydrogen-bond donors (Lipinski definition) is 0. The molecule has 0 radical (unpaired) electrons. The van der Waals surface area contributed by atoms with Crippen LogP contribution in [0.2, 0.25) is 5.15 Å². The largest absolute Gasteiger partial charge is 0.241 e. The summed E-state index contributed by atoms with van der Waals surface area (Å²) in [7, 11) is 0. The van der Waals surface area contributed by atoms with Crippen LogP contribution < -0.4 is 0 Å². The minimum Gasteiger partial charge on any atom is -0.241 e. The fourth-order valence-corrected chi connectivity index (χ4v) is 1.78. The summed E-state index contributed by atoms with van der Waals surface area (Å²) < 4.78 is 0. The van der Waals surface area contributed by atoms with Crippen LogP contribution in [0.3, 0.4) is 0 Å². The molecule has 0 saturated carbocycles. The van der Waals surface area contributed by atoms with Crippen molar-refractivity contribution in [1.82, 2.24) is 9.97 Å². The molecule has 1 unspecified atom stereocenters. The zero-order valence-electron chi connectivity index (χ0n) is 6.34. The van der Waals surface area contributed by atoms with Gasteiger partial charge in [0.15, 0.2) is 0 Å². The Balaban J connectivity index is 2.49. The molecular formula is C8H9ClN2. The van der Waals surface area contributed by atoms with Gasteiger partial charge in [0.1, 0.15) is 11.5 Å². The summed E-state index contributed by atoms with van der Waals surface area (Å²) in [6, 6.07) is 0. The molecule has 3 heteroatoms. The van der Waals surface area contributed by atoms with Gasteiger partial charge in [-0.05, 0) is 18.8 Å². The zero-order chi connectivity index (χ0) is 7.84. The van der Waals surface area contributed by atoms with E-state index in [-0.39, 0.29) is 0 Å². The van der Waals surface area contributed by atoms with Crippen molar-refractivity contribution in [3.63, 3.8) is 0 Å². The maximum absolute atomic E-state index is 5.88. The van der Waals surface area contributed by atoms with Crippen molar-refractivity contribution in [2.24, 2.45) is 5.92 Å². The molecule has 0 amide bonds. The fourth-order valence-electron chi connectivity index (χ4n) is 1.55. The minimum absolute atomic E-state index is 0.638. The lowest BCUT2D eigenvalue weighted by atomic mass is 10.1. The second kappa shape index (κ2) is 2.45. The summed E-state index contributed by atoms with van der Waals surface area (Å²) in [5, 5.41) is 0.638. The van der Waals surface area contributed by atoms with Gasteiger partial charge in [-0.15, -0.1) is 0 Å². The average molecular weight is 169 g/mol. The molecule has 0 saturated heterocycles. The second-order valence-electron chi connectivity index (χ2n) is 3.10. The number of aromatic nitrogens is 2. The van der Waals surface area contributed by atoms with Crippen molar-refractivity contribution < 1.29 is 0 Å². The van der Waals surface area contributed by atoms with Gasteiger partial charge in [-0.1, -0.05) is 18.5 Å². The summed E-state index contributed by atoms with van der Waals surface area (Å²) in [5.74, 6) is 0.680. The Morgan fingerprint density at radius 3 is 3.00 bits per heavy atom. The van der Waals surface area contributed by atoms with Crippen molar-refractivity contribution in [1.29, 1.82) is 0 Å². The Hall–Kier alpha value is -0.630. The summed E-state index contributed by atoms with van der Waals surface area (Å²) in [6.07, 6.45) is 3.63. The molecular weight excluding hydrogens is 160 g/mol. The van der Waals surface area contributed by atoms with Crippen LogP contribution in [0.4, 0.5) is 0 Å². The van der Waals surface area contributed by atoms with E-state index >= 15 is 0 Å². The molecule has 0 spiro atoms. The third-order valence-corrected chi connectivity index (χ3v) is 2.40. The molecule has 1 aliphatic rings. The lowest BCUT2D eigenvalue weighted by Crippen LogP contribution is -1.90. The highest BCUT2D eigenvalue weighted by Gasteiger charge is 2.21. The van der Waals surface area contributed by atoms with E-state index in [0.717, 1.165) is 24.1 Å². The smallest absolute Gasteiger partial charge is 0.135 e. The van der Waals surface area contributed by atoms with Crippen molar-refractivity contribution in [2.45, 2.75) is 19.8 Å². The molecule has 1 aromatic heterocycles. The van der Waals surface area contributed by atoms with Crippen LogP contribution >= 0.6 is 11.6 Å². The summed E-state index contributed by atoms with van der Waals surface area (Å²) in [6.45, 7) is 2.21. The van der Waals surface area contributed by atoms with E-state index < -0.39 is 0 Å². The van der Waals surface area contributed by atoms with Gasteiger partial charge in [-0.2, -0.15) is 0 Å². The molecule has 0 fully saturated rings. The van der Waals surface area contributed by atoms with Crippen LogP contribution in [0.5, 0.6) is 0 Å². The van der Waals surface area contributed by atoms with Gasteiger partial charge >= 0.3 is 0 Å².